The van der Waals surface area contributed by atoms with Crippen LogP contribution in [0.1, 0.15) is 21.7 Å². The summed E-state index contributed by atoms with van der Waals surface area (Å²) in [6.07, 6.45) is 0.788. The van der Waals surface area contributed by atoms with Crippen LogP contribution in [0.25, 0.3) is 11.3 Å². The van der Waals surface area contributed by atoms with E-state index in [2.05, 4.69) is 10.3 Å². The van der Waals surface area contributed by atoms with Gasteiger partial charge in [0.15, 0.2) is 6.79 Å². The number of aromatic nitrogens is 1. The van der Waals surface area contributed by atoms with Gasteiger partial charge in [-0.3, -0.25) is 4.79 Å². The predicted octanol–water partition coefficient (Wildman–Crippen LogP) is 4.03. The minimum atomic E-state index is -0.324. The number of amides is 1. The number of rotatable bonds is 6. The molecule has 0 radical (unpaired) electrons. The molecule has 29 heavy (non-hydrogen) atoms. The summed E-state index contributed by atoms with van der Waals surface area (Å²) in [7, 11) is 0. The van der Waals surface area contributed by atoms with Gasteiger partial charge in [0.2, 0.25) is 5.91 Å². The van der Waals surface area contributed by atoms with Gasteiger partial charge >= 0.3 is 0 Å². The van der Waals surface area contributed by atoms with Gasteiger partial charge in [-0.1, -0.05) is 24.3 Å². The molecule has 0 unspecified atom stereocenters. The summed E-state index contributed by atoms with van der Waals surface area (Å²) in [5.41, 5.74) is 4.37. The zero-order chi connectivity index (χ0) is 20.2. The molecule has 2 heterocycles. The molecule has 1 aromatic heterocycles. The topological polar surface area (TPSA) is 60.5 Å². The first-order valence-corrected chi connectivity index (χ1v) is 10.3. The molecule has 0 atom stereocenters. The Morgan fingerprint density at radius 1 is 1.28 bits per heavy atom. The van der Waals surface area contributed by atoms with E-state index in [1.54, 1.807) is 11.3 Å². The number of hydrogen-bond acceptors (Lipinski definition) is 5. The first-order valence-electron chi connectivity index (χ1n) is 9.38. The third kappa shape index (κ3) is 4.81. The smallest absolute Gasteiger partial charge is 0.224 e. The fourth-order valence-corrected chi connectivity index (χ4v) is 3.94. The van der Waals surface area contributed by atoms with Crippen LogP contribution >= 0.6 is 11.3 Å². The summed E-state index contributed by atoms with van der Waals surface area (Å²) in [4.78, 5) is 16.7. The first-order chi connectivity index (χ1) is 14.1. The van der Waals surface area contributed by atoms with Crippen LogP contribution in [0, 0.1) is 12.7 Å². The van der Waals surface area contributed by atoms with Gasteiger partial charge in [-0.05, 0) is 36.6 Å². The number of carbonyl (C=O) groups excluding carboxylic acids is 1. The van der Waals surface area contributed by atoms with Crippen molar-refractivity contribution in [3.63, 3.8) is 0 Å². The van der Waals surface area contributed by atoms with Crippen LogP contribution in [-0.2, 0) is 29.0 Å². The van der Waals surface area contributed by atoms with Crippen LogP contribution in [0.2, 0.25) is 0 Å². The lowest BCUT2D eigenvalue weighted by Crippen LogP contribution is -2.27. The molecule has 4 rings (SSSR count). The molecule has 0 saturated heterocycles. The van der Waals surface area contributed by atoms with Crippen LogP contribution in [0.3, 0.4) is 0 Å². The maximum Gasteiger partial charge on any atom is 0.224 e. The van der Waals surface area contributed by atoms with Crippen LogP contribution in [0.4, 0.5) is 4.39 Å². The van der Waals surface area contributed by atoms with Crippen molar-refractivity contribution in [1.29, 1.82) is 0 Å². The van der Waals surface area contributed by atoms with Gasteiger partial charge in [-0.15, -0.1) is 11.3 Å². The Balaban J connectivity index is 1.31. The maximum atomic E-state index is 13.8. The minimum Gasteiger partial charge on any atom is -0.467 e. The highest BCUT2D eigenvalue weighted by molar-refractivity contribution is 7.09. The lowest BCUT2D eigenvalue weighted by atomic mass is 10.0. The Hall–Kier alpha value is -2.77. The molecule has 1 aliphatic rings. The van der Waals surface area contributed by atoms with Crippen molar-refractivity contribution >= 4 is 17.2 Å². The van der Waals surface area contributed by atoms with E-state index >= 15 is 0 Å². The van der Waals surface area contributed by atoms with Gasteiger partial charge in [0.1, 0.15) is 11.6 Å². The summed E-state index contributed by atoms with van der Waals surface area (Å²) >= 11 is 1.62. The monoisotopic (exact) mass is 412 g/mol. The van der Waals surface area contributed by atoms with E-state index in [0.717, 1.165) is 27.4 Å². The van der Waals surface area contributed by atoms with E-state index in [9.17, 15) is 9.18 Å². The summed E-state index contributed by atoms with van der Waals surface area (Å²) in [6, 6.07) is 10.7. The summed E-state index contributed by atoms with van der Waals surface area (Å²) in [6.45, 7) is 2.89. The highest BCUT2D eigenvalue weighted by atomic mass is 32.1. The van der Waals surface area contributed by atoms with E-state index in [-0.39, 0.29) is 18.5 Å². The number of fused-ring (bicyclic) bond motifs is 1. The quantitative estimate of drug-likeness (QED) is 0.664. The van der Waals surface area contributed by atoms with E-state index in [1.807, 2.05) is 36.6 Å². The number of benzene rings is 2. The normalized spacial score (nSPS) is 12.9. The predicted molar refractivity (Wildman–Crippen MR) is 109 cm³/mol. The fraction of sp³-hybridized carbons (Fsp3) is 0.273. The van der Waals surface area contributed by atoms with Gasteiger partial charge in [0, 0.05) is 23.1 Å². The number of nitrogens with one attached hydrogen (secondary N) is 1. The molecule has 5 nitrogen and oxygen atoms in total. The van der Waals surface area contributed by atoms with Gasteiger partial charge in [0.05, 0.1) is 23.7 Å². The molecular weight excluding hydrogens is 391 g/mol. The van der Waals surface area contributed by atoms with E-state index in [0.29, 0.717) is 37.3 Å². The van der Waals surface area contributed by atoms with Crippen LogP contribution < -0.4 is 10.1 Å². The molecule has 0 fully saturated rings. The highest BCUT2D eigenvalue weighted by Crippen LogP contribution is 2.29. The average molecular weight is 412 g/mol. The van der Waals surface area contributed by atoms with Crippen LogP contribution in [0.15, 0.2) is 41.8 Å². The second kappa shape index (κ2) is 8.71. The third-order valence-corrected chi connectivity index (χ3v) is 5.48. The van der Waals surface area contributed by atoms with Crippen molar-refractivity contribution in [2.45, 2.75) is 26.4 Å². The second-order valence-electron chi connectivity index (χ2n) is 6.89. The Labute approximate surface area is 172 Å². The van der Waals surface area contributed by atoms with Crippen molar-refractivity contribution in [2.24, 2.45) is 0 Å². The first kappa shape index (κ1) is 19.5. The molecule has 7 heteroatoms. The molecule has 0 aliphatic carbocycles. The molecule has 0 bridgehead atoms. The molecule has 2 aromatic carbocycles. The van der Waals surface area contributed by atoms with Gasteiger partial charge in [-0.2, -0.15) is 0 Å². The number of thiazole rings is 1. The van der Waals surface area contributed by atoms with E-state index < -0.39 is 0 Å². The number of aryl methyl sites for hydroxylation is 1. The van der Waals surface area contributed by atoms with Crippen molar-refractivity contribution in [3.8, 4) is 17.0 Å². The second-order valence-corrected chi connectivity index (χ2v) is 7.95. The fourth-order valence-electron chi connectivity index (χ4n) is 3.32. The molecular formula is C22H21FN2O3S. The van der Waals surface area contributed by atoms with Crippen molar-refractivity contribution in [1.82, 2.24) is 10.3 Å². The average Bonchev–Trinajstić information content (AvgIpc) is 3.14. The molecule has 0 spiro atoms. The number of nitrogens with zero attached hydrogens (tertiary/aromatic N) is 1. The van der Waals surface area contributed by atoms with Gasteiger partial charge < -0.3 is 14.8 Å². The van der Waals surface area contributed by atoms with Gasteiger partial charge in [0.25, 0.3) is 0 Å². The Kier molecular flexibility index (Phi) is 5.87. The standard InChI is InChI=1S/C22H21FN2O3S/c1-14-25-20(12-29-14)16-4-2-15(3-5-16)8-21(26)24-7-6-17-9-19(23)10-18-11-27-13-28-22(17)18/h2-5,9-10,12H,6-8,11,13H2,1H3,(H,24,26). The lowest BCUT2D eigenvalue weighted by Gasteiger charge is -2.21. The van der Waals surface area contributed by atoms with Crippen molar-refractivity contribution in [3.05, 3.63) is 69.3 Å². The zero-order valence-electron chi connectivity index (χ0n) is 16.0. The largest absolute Gasteiger partial charge is 0.467 e. The molecule has 1 N–H and O–H groups in total. The summed E-state index contributed by atoms with van der Waals surface area (Å²) in [5, 5.41) is 5.95. The van der Waals surface area contributed by atoms with E-state index in [4.69, 9.17) is 9.47 Å². The Morgan fingerprint density at radius 2 is 2.10 bits per heavy atom. The molecule has 0 saturated carbocycles. The SMILES string of the molecule is Cc1nc(-c2ccc(CC(=O)NCCc3cc(F)cc4c3OCOC4)cc2)cs1. The number of ether oxygens (including phenoxy) is 2. The summed E-state index contributed by atoms with van der Waals surface area (Å²) < 4.78 is 24.5. The highest BCUT2D eigenvalue weighted by Gasteiger charge is 2.17. The lowest BCUT2D eigenvalue weighted by molar-refractivity contribution is -0.120. The molecule has 150 valence electrons. The molecule has 1 amide bonds. The summed E-state index contributed by atoms with van der Waals surface area (Å²) in [5.74, 6) is 0.270. The van der Waals surface area contributed by atoms with Crippen LogP contribution in [-0.4, -0.2) is 24.2 Å². The Morgan fingerprint density at radius 3 is 2.86 bits per heavy atom. The van der Waals surface area contributed by atoms with Crippen molar-refractivity contribution < 1.29 is 18.7 Å². The minimum absolute atomic E-state index is 0.0724. The molecule has 3 aromatic rings. The van der Waals surface area contributed by atoms with Crippen LogP contribution in [0.5, 0.6) is 5.75 Å². The number of halogens is 1. The third-order valence-electron chi connectivity index (χ3n) is 4.70. The Bertz CT molecular complexity index is 1020. The zero-order valence-corrected chi connectivity index (χ0v) is 16.9. The van der Waals surface area contributed by atoms with Crippen molar-refractivity contribution in [2.75, 3.05) is 13.3 Å². The number of hydrogen-bond donors (Lipinski definition) is 1. The van der Waals surface area contributed by atoms with E-state index in [1.165, 1.54) is 12.1 Å². The van der Waals surface area contributed by atoms with Gasteiger partial charge in [-0.25, -0.2) is 9.37 Å². The maximum absolute atomic E-state index is 13.8. The molecule has 1 aliphatic heterocycles. The number of carbonyl (C=O) groups is 1.